The number of rotatable bonds is 3. The molecule has 0 unspecified atom stereocenters. The molecule has 0 atom stereocenters. The monoisotopic (exact) mass is 306 g/mol. The first kappa shape index (κ1) is 14.1. The number of benzene rings is 1. The molecular formula is C15H18N2O3S. The maximum atomic E-state index is 11.2. The van der Waals surface area contributed by atoms with Crippen molar-refractivity contribution in [2.45, 2.75) is 19.8 Å². The molecule has 1 aromatic heterocycles. The van der Waals surface area contributed by atoms with E-state index >= 15 is 0 Å². The molecule has 6 heteroatoms. The van der Waals surface area contributed by atoms with E-state index in [1.807, 2.05) is 13.0 Å². The van der Waals surface area contributed by atoms with Crippen LogP contribution in [0.15, 0.2) is 24.3 Å². The first-order chi connectivity index (χ1) is 9.92. The first-order valence-corrected chi connectivity index (χ1v) is 8.80. The van der Waals surface area contributed by atoms with E-state index in [9.17, 15) is 8.42 Å². The van der Waals surface area contributed by atoms with Crippen LogP contribution in [0.3, 0.4) is 0 Å². The van der Waals surface area contributed by atoms with E-state index in [2.05, 4.69) is 16.0 Å². The summed E-state index contributed by atoms with van der Waals surface area (Å²) >= 11 is 0. The van der Waals surface area contributed by atoms with E-state index in [0.29, 0.717) is 5.75 Å². The van der Waals surface area contributed by atoms with Crippen molar-refractivity contribution in [3.05, 3.63) is 30.0 Å². The summed E-state index contributed by atoms with van der Waals surface area (Å²) in [7, 11) is -3.52. The Balaban J connectivity index is 2.09. The van der Waals surface area contributed by atoms with Gasteiger partial charge in [-0.05, 0) is 38.0 Å². The van der Waals surface area contributed by atoms with E-state index in [-0.39, 0.29) is 0 Å². The Kier molecular flexibility index (Phi) is 3.49. The fourth-order valence-electron chi connectivity index (χ4n) is 2.76. The second-order valence-electron chi connectivity index (χ2n) is 5.44. The van der Waals surface area contributed by atoms with Gasteiger partial charge in [0.05, 0.1) is 11.8 Å². The Morgan fingerprint density at radius 1 is 1.19 bits per heavy atom. The zero-order valence-electron chi connectivity index (χ0n) is 12.2. The molecule has 1 aliphatic heterocycles. The van der Waals surface area contributed by atoms with Gasteiger partial charge in [-0.25, -0.2) is 0 Å². The zero-order chi connectivity index (χ0) is 15.0. The van der Waals surface area contributed by atoms with Gasteiger partial charge < -0.3 is 9.08 Å². The Bertz CT molecular complexity index is 781. The molecule has 2 heterocycles. The van der Waals surface area contributed by atoms with Crippen LogP contribution >= 0.6 is 0 Å². The van der Waals surface area contributed by atoms with E-state index in [1.165, 1.54) is 18.5 Å². The lowest BCUT2D eigenvalue weighted by Gasteiger charge is -2.20. The van der Waals surface area contributed by atoms with Crippen LogP contribution in [-0.4, -0.2) is 32.7 Å². The van der Waals surface area contributed by atoms with Gasteiger partial charge in [0.2, 0.25) is 0 Å². The van der Waals surface area contributed by atoms with Crippen molar-refractivity contribution < 1.29 is 12.6 Å². The molecule has 0 amide bonds. The van der Waals surface area contributed by atoms with Crippen molar-refractivity contribution in [1.29, 1.82) is 0 Å². The van der Waals surface area contributed by atoms with Gasteiger partial charge in [-0.15, -0.1) is 0 Å². The van der Waals surface area contributed by atoms with E-state index in [1.54, 1.807) is 12.1 Å². The smallest absolute Gasteiger partial charge is 0.306 e. The van der Waals surface area contributed by atoms with Gasteiger partial charge in [0, 0.05) is 35.9 Å². The summed E-state index contributed by atoms with van der Waals surface area (Å²) in [5.41, 5.74) is 2.85. The minimum absolute atomic E-state index is 0.301. The molecule has 112 valence electrons. The first-order valence-electron chi connectivity index (χ1n) is 6.98. The lowest BCUT2D eigenvalue weighted by Crippen LogP contribution is -2.18. The number of pyridine rings is 1. The Morgan fingerprint density at radius 2 is 1.90 bits per heavy atom. The molecule has 21 heavy (non-hydrogen) atoms. The molecule has 0 N–H and O–H groups in total. The minimum Gasteiger partial charge on any atom is -0.383 e. The van der Waals surface area contributed by atoms with Gasteiger partial charge in [0.15, 0.2) is 0 Å². The summed E-state index contributed by atoms with van der Waals surface area (Å²) in [5.74, 6) is 0.301. The third kappa shape index (κ3) is 3.10. The predicted octanol–water partition coefficient (Wildman–Crippen LogP) is 2.48. The van der Waals surface area contributed by atoms with Crippen LogP contribution < -0.4 is 9.08 Å². The van der Waals surface area contributed by atoms with Crippen LogP contribution in [0.4, 0.5) is 5.69 Å². The third-order valence-corrected chi connectivity index (χ3v) is 4.08. The maximum absolute atomic E-state index is 11.2. The fourth-order valence-corrected chi connectivity index (χ4v) is 3.22. The van der Waals surface area contributed by atoms with Gasteiger partial charge >= 0.3 is 10.1 Å². The summed E-state index contributed by atoms with van der Waals surface area (Å²) in [5, 5.41) is 1.03. The third-order valence-electron chi connectivity index (χ3n) is 3.58. The minimum atomic E-state index is -3.52. The van der Waals surface area contributed by atoms with Gasteiger partial charge in [-0.3, -0.25) is 4.98 Å². The summed E-state index contributed by atoms with van der Waals surface area (Å²) in [6.45, 7) is 4.06. The molecule has 1 fully saturated rings. The highest BCUT2D eigenvalue weighted by molar-refractivity contribution is 7.86. The van der Waals surface area contributed by atoms with Crippen LogP contribution in [0.5, 0.6) is 5.75 Å². The number of aromatic nitrogens is 1. The number of fused-ring (bicyclic) bond motifs is 1. The molecule has 3 rings (SSSR count). The van der Waals surface area contributed by atoms with Crippen LogP contribution in [0, 0.1) is 6.92 Å². The molecule has 0 bridgehead atoms. The second-order valence-corrected chi connectivity index (χ2v) is 7.02. The molecule has 0 radical (unpaired) electrons. The highest BCUT2D eigenvalue weighted by Gasteiger charge is 2.16. The highest BCUT2D eigenvalue weighted by atomic mass is 32.2. The van der Waals surface area contributed by atoms with Crippen molar-refractivity contribution in [2.24, 2.45) is 0 Å². The predicted molar refractivity (Wildman–Crippen MR) is 83.4 cm³/mol. The number of hydrogen-bond acceptors (Lipinski definition) is 5. The van der Waals surface area contributed by atoms with Gasteiger partial charge in [-0.1, -0.05) is 0 Å². The lowest BCUT2D eigenvalue weighted by atomic mass is 10.1. The summed E-state index contributed by atoms with van der Waals surface area (Å²) in [6.07, 6.45) is 3.45. The van der Waals surface area contributed by atoms with Crippen LogP contribution in [0.25, 0.3) is 10.9 Å². The Morgan fingerprint density at radius 3 is 2.57 bits per heavy atom. The Hall–Kier alpha value is -1.82. The van der Waals surface area contributed by atoms with Gasteiger partial charge in [0.25, 0.3) is 0 Å². The fraction of sp³-hybridized carbons (Fsp3) is 0.400. The van der Waals surface area contributed by atoms with Crippen molar-refractivity contribution in [2.75, 3.05) is 24.2 Å². The number of anilines is 1. The lowest BCUT2D eigenvalue weighted by molar-refractivity contribution is 0.493. The van der Waals surface area contributed by atoms with Crippen LogP contribution in [0.1, 0.15) is 18.5 Å². The van der Waals surface area contributed by atoms with Crippen molar-refractivity contribution in [1.82, 2.24) is 4.98 Å². The average Bonchev–Trinajstić information content (AvgIpc) is 2.88. The summed E-state index contributed by atoms with van der Waals surface area (Å²) < 4.78 is 27.4. The van der Waals surface area contributed by atoms with Crippen molar-refractivity contribution >= 4 is 26.7 Å². The molecule has 2 aromatic rings. The molecule has 0 spiro atoms. The van der Waals surface area contributed by atoms with Gasteiger partial charge in [0.1, 0.15) is 5.75 Å². The van der Waals surface area contributed by atoms with Crippen molar-refractivity contribution in [3.8, 4) is 5.75 Å². The molecule has 5 nitrogen and oxygen atoms in total. The van der Waals surface area contributed by atoms with Gasteiger partial charge in [-0.2, -0.15) is 8.42 Å². The largest absolute Gasteiger partial charge is 0.383 e. The molecule has 1 aromatic carbocycles. The summed E-state index contributed by atoms with van der Waals surface area (Å²) in [4.78, 5) is 6.85. The van der Waals surface area contributed by atoms with Crippen molar-refractivity contribution in [3.63, 3.8) is 0 Å². The standard InChI is InChI=1S/C15H18N2O3S/c1-11-9-15(17-7-3-4-8-17)13-6-5-12(10-14(13)16-11)20-21(2,18)19/h5-6,9-10H,3-4,7-8H2,1-2H3. The van der Waals surface area contributed by atoms with E-state index < -0.39 is 10.1 Å². The van der Waals surface area contributed by atoms with Crippen LogP contribution in [-0.2, 0) is 10.1 Å². The number of hydrogen-bond donors (Lipinski definition) is 0. The normalized spacial score (nSPS) is 15.6. The topological polar surface area (TPSA) is 59.5 Å². The quantitative estimate of drug-likeness (QED) is 0.815. The second kappa shape index (κ2) is 5.18. The molecule has 1 saturated heterocycles. The molecule has 1 aliphatic rings. The van der Waals surface area contributed by atoms with E-state index in [4.69, 9.17) is 4.18 Å². The molecule has 0 aliphatic carbocycles. The number of aryl methyl sites for hydroxylation is 1. The average molecular weight is 306 g/mol. The van der Waals surface area contributed by atoms with Crippen LogP contribution in [0.2, 0.25) is 0 Å². The number of nitrogens with zero attached hydrogens (tertiary/aromatic N) is 2. The molecule has 0 saturated carbocycles. The molecular weight excluding hydrogens is 288 g/mol. The Labute approximate surface area is 124 Å². The summed E-state index contributed by atoms with van der Waals surface area (Å²) in [6, 6.07) is 7.34. The highest BCUT2D eigenvalue weighted by Crippen LogP contribution is 2.31. The maximum Gasteiger partial charge on any atom is 0.306 e. The zero-order valence-corrected chi connectivity index (χ0v) is 13.0. The SMILES string of the molecule is Cc1cc(N2CCCC2)c2ccc(OS(C)(=O)=O)cc2n1. The van der Waals surface area contributed by atoms with E-state index in [0.717, 1.165) is 35.9 Å².